The van der Waals surface area contributed by atoms with Crippen LogP contribution >= 0.6 is 11.6 Å². The number of hydrazine groups is 1. The number of nitrogens with one attached hydrogen (secondary N) is 1. The van der Waals surface area contributed by atoms with E-state index in [4.69, 9.17) is 11.6 Å². The summed E-state index contributed by atoms with van der Waals surface area (Å²) in [6.07, 6.45) is 0. The van der Waals surface area contributed by atoms with Crippen LogP contribution in [0.1, 0.15) is 20.8 Å². The fraction of sp³-hybridized carbons (Fsp3) is 1.00. The summed E-state index contributed by atoms with van der Waals surface area (Å²) in [5, 5.41) is 2.36. The molecule has 1 aliphatic rings. The maximum atomic E-state index is 6.15. The molecule has 0 aliphatic carbocycles. The van der Waals surface area contributed by atoms with Gasteiger partial charge in [-0.15, -0.1) is 11.6 Å². The Morgan fingerprint density at radius 3 is 2.18 bits per heavy atom. The van der Waals surface area contributed by atoms with E-state index in [0.29, 0.717) is 6.04 Å². The zero-order valence-corrected chi connectivity index (χ0v) is 8.44. The lowest BCUT2D eigenvalue weighted by molar-refractivity contribution is 0.134. The predicted octanol–water partition coefficient (Wildman–Crippen LogP) is 1.46. The van der Waals surface area contributed by atoms with E-state index in [0.717, 1.165) is 6.54 Å². The second-order valence-corrected chi connectivity index (χ2v) is 4.86. The third-order valence-corrected chi connectivity index (χ3v) is 2.58. The quantitative estimate of drug-likeness (QED) is 0.563. The summed E-state index contributed by atoms with van der Waals surface area (Å²) in [6, 6.07) is 0.434. The lowest BCUT2D eigenvalue weighted by atomic mass is 9.85. The Bertz CT molecular complexity index is 132. The number of hydrogen-bond acceptors (Lipinski definition) is 2. The molecule has 2 atom stereocenters. The van der Waals surface area contributed by atoms with Gasteiger partial charge in [-0.05, 0) is 5.41 Å². The molecular weight excluding hydrogens is 160 g/mol. The molecule has 0 radical (unpaired) electrons. The van der Waals surface area contributed by atoms with Crippen LogP contribution in [0.15, 0.2) is 0 Å². The van der Waals surface area contributed by atoms with Gasteiger partial charge >= 0.3 is 0 Å². The van der Waals surface area contributed by atoms with E-state index in [1.165, 1.54) is 0 Å². The Balaban J connectivity index is 2.69. The number of halogens is 1. The minimum absolute atomic E-state index is 0.236. The topological polar surface area (TPSA) is 15.3 Å². The number of alkyl halides is 1. The van der Waals surface area contributed by atoms with Crippen molar-refractivity contribution in [3.63, 3.8) is 0 Å². The highest BCUT2D eigenvalue weighted by atomic mass is 35.5. The first-order valence-corrected chi connectivity index (χ1v) is 4.47. The third-order valence-electron chi connectivity index (χ3n) is 2.18. The smallest absolute Gasteiger partial charge is 0.0648 e. The molecule has 1 N–H and O–H groups in total. The van der Waals surface area contributed by atoms with Gasteiger partial charge in [-0.1, -0.05) is 20.8 Å². The van der Waals surface area contributed by atoms with Crippen molar-refractivity contribution in [2.24, 2.45) is 5.41 Å². The lowest BCUT2D eigenvalue weighted by Gasteiger charge is -2.33. The van der Waals surface area contributed by atoms with Crippen LogP contribution < -0.4 is 5.43 Å². The molecule has 0 spiro atoms. The van der Waals surface area contributed by atoms with E-state index < -0.39 is 0 Å². The van der Waals surface area contributed by atoms with Crippen LogP contribution in [-0.4, -0.2) is 30.0 Å². The molecule has 0 aromatic carbocycles. The molecule has 0 aromatic heterocycles. The molecule has 2 unspecified atom stereocenters. The number of hydrogen-bond donors (Lipinski definition) is 1. The molecule has 66 valence electrons. The summed E-state index contributed by atoms with van der Waals surface area (Å²) in [5.74, 6) is 0. The van der Waals surface area contributed by atoms with Crippen molar-refractivity contribution >= 4 is 11.6 Å². The summed E-state index contributed by atoms with van der Waals surface area (Å²) in [7, 11) is 2.05. The van der Waals surface area contributed by atoms with Crippen LogP contribution in [0.3, 0.4) is 0 Å². The van der Waals surface area contributed by atoms with Crippen molar-refractivity contribution in [2.45, 2.75) is 32.2 Å². The van der Waals surface area contributed by atoms with Gasteiger partial charge in [0.2, 0.25) is 0 Å². The van der Waals surface area contributed by atoms with E-state index in [9.17, 15) is 0 Å². The first kappa shape index (κ1) is 9.30. The molecule has 2 nitrogen and oxygen atoms in total. The van der Waals surface area contributed by atoms with E-state index >= 15 is 0 Å². The maximum absolute atomic E-state index is 6.15. The fourth-order valence-electron chi connectivity index (χ4n) is 1.81. The van der Waals surface area contributed by atoms with Crippen LogP contribution in [0.4, 0.5) is 0 Å². The maximum Gasteiger partial charge on any atom is 0.0648 e. The molecule has 1 fully saturated rings. The van der Waals surface area contributed by atoms with Crippen LogP contribution in [0.25, 0.3) is 0 Å². The van der Waals surface area contributed by atoms with Crippen LogP contribution in [0, 0.1) is 5.41 Å². The van der Waals surface area contributed by atoms with Crippen molar-refractivity contribution in [1.29, 1.82) is 0 Å². The van der Waals surface area contributed by atoms with Gasteiger partial charge in [-0.25, -0.2) is 5.01 Å². The van der Waals surface area contributed by atoms with E-state index in [1.807, 2.05) is 0 Å². The average molecular weight is 177 g/mol. The Kier molecular flexibility index (Phi) is 2.47. The van der Waals surface area contributed by atoms with E-state index in [-0.39, 0.29) is 10.8 Å². The van der Waals surface area contributed by atoms with Crippen molar-refractivity contribution in [2.75, 3.05) is 13.6 Å². The molecule has 0 amide bonds. The first-order chi connectivity index (χ1) is 4.93. The zero-order chi connectivity index (χ0) is 8.65. The monoisotopic (exact) mass is 176 g/mol. The predicted molar refractivity (Wildman–Crippen MR) is 48.6 cm³/mol. The SMILES string of the molecule is CN1NCC(Cl)C1C(C)(C)C. The summed E-state index contributed by atoms with van der Waals surface area (Å²) in [6.45, 7) is 7.55. The van der Waals surface area contributed by atoms with Gasteiger partial charge in [0.15, 0.2) is 0 Å². The van der Waals surface area contributed by atoms with Gasteiger partial charge < -0.3 is 0 Å². The molecule has 0 bridgehead atoms. The summed E-state index contributed by atoms with van der Waals surface area (Å²) >= 11 is 6.15. The summed E-state index contributed by atoms with van der Waals surface area (Å²) < 4.78 is 0. The molecule has 11 heavy (non-hydrogen) atoms. The van der Waals surface area contributed by atoms with Gasteiger partial charge in [-0.2, -0.15) is 0 Å². The molecule has 1 saturated heterocycles. The minimum Gasteiger partial charge on any atom is -0.254 e. The average Bonchev–Trinajstić information content (AvgIpc) is 2.08. The first-order valence-electron chi connectivity index (χ1n) is 4.03. The van der Waals surface area contributed by atoms with Crippen molar-refractivity contribution in [3.8, 4) is 0 Å². The van der Waals surface area contributed by atoms with Gasteiger partial charge in [0.1, 0.15) is 0 Å². The van der Waals surface area contributed by atoms with Crippen LogP contribution in [0.5, 0.6) is 0 Å². The molecule has 1 rings (SSSR count). The van der Waals surface area contributed by atoms with Gasteiger partial charge in [0.25, 0.3) is 0 Å². The third kappa shape index (κ3) is 1.86. The largest absolute Gasteiger partial charge is 0.254 e. The van der Waals surface area contributed by atoms with Gasteiger partial charge in [0.05, 0.1) is 5.38 Å². The molecule has 1 heterocycles. The van der Waals surface area contributed by atoms with Crippen molar-refractivity contribution in [1.82, 2.24) is 10.4 Å². The van der Waals surface area contributed by atoms with E-state index in [1.54, 1.807) is 0 Å². The molecule has 3 heteroatoms. The Labute approximate surface area is 73.9 Å². The van der Waals surface area contributed by atoms with Crippen molar-refractivity contribution in [3.05, 3.63) is 0 Å². The fourth-order valence-corrected chi connectivity index (χ4v) is 2.42. The van der Waals surface area contributed by atoms with Crippen LogP contribution in [-0.2, 0) is 0 Å². The van der Waals surface area contributed by atoms with E-state index in [2.05, 4.69) is 38.3 Å². The highest BCUT2D eigenvalue weighted by Crippen LogP contribution is 2.30. The molecular formula is C8H17ClN2. The number of nitrogens with zero attached hydrogens (tertiary/aromatic N) is 1. The Hall–Kier alpha value is 0.210. The summed E-state index contributed by atoms with van der Waals surface area (Å²) in [4.78, 5) is 0. The summed E-state index contributed by atoms with van der Waals surface area (Å²) in [5.41, 5.74) is 3.48. The second kappa shape index (κ2) is 2.92. The Morgan fingerprint density at radius 1 is 1.45 bits per heavy atom. The van der Waals surface area contributed by atoms with Crippen molar-refractivity contribution < 1.29 is 0 Å². The molecule has 0 saturated carbocycles. The lowest BCUT2D eigenvalue weighted by Crippen LogP contribution is -2.43. The normalized spacial score (nSPS) is 34.6. The van der Waals surface area contributed by atoms with Gasteiger partial charge in [0, 0.05) is 19.6 Å². The zero-order valence-electron chi connectivity index (χ0n) is 7.69. The standard InChI is InChI=1S/C8H17ClN2/c1-8(2,3)7-6(9)5-10-11(7)4/h6-7,10H,5H2,1-4H3. The Morgan fingerprint density at radius 2 is 2.00 bits per heavy atom. The highest BCUT2D eigenvalue weighted by Gasteiger charge is 2.38. The molecule has 1 aliphatic heterocycles. The number of rotatable bonds is 0. The second-order valence-electron chi connectivity index (χ2n) is 4.30. The minimum atomic E-state index is 0.236. The van der Waals surface area contributed by atoms with Gasteiger partial charge in [-0.3, -0.25) is 5.43 Å². The molecule has 0 aromatic rings. The highest BCUT2D eigenvalue weighted by molar-refractivity contribution is 6.21. The van der Waals surface area contributed by atoms with Crippen LogP contribution in [0.2, 0.25) is 0 Å².